The Hall–Kier alpha value is -5.23. The molecule has 0 rings (SSSR count). The maximum absolute atomic E-state index is 12.7. The molecule has 0 fully saturated rings. The second kappa shape index (κ2) is 57.3. The average molecular weight is 975 g/mol. The lowest BCUT2D eigenvalue weighted by Crippen LogP contribution is -2.30. The normalized spacial score (nSPS) is 13.5. The van der Waals surface area contributed by atoms with Crippen molar-refractivity contribution in [3.8, 4) is 0 Å². The van der Waals surface area contributed by atoms with E-state index in [0.29, 0.717) is 19.3 Å². The number of unbranched alkanes of at least 4 members (excludes halogenated alkanes) is 8. The van der Waals surface area contributed by atoms with Crippen LogP contribution < -0.4 is 0 Å². The van der Waals surface area contributed by atoms with Gasteiger partial charge in [-0.1, -0.05) is 229 Å². The van der Waals surface area contributed by atoms with Gasteiger partial charge in [-0.15, -0.1) is 0 Å². The molecule has 0 bridgehead atoms. The molecule has 0 aliphatic rings. The molecule has 0 saturated heterocycles. The lowest BCUT2D eigenvalue weighted by Gasteiger charge is -2.18. The molecule has 0 radical (unpaired) electrons. The smallest absolute Gasteiger partial charge is 0.306 e. The third-order valence-electron chi connectivity index (χ3n) is 10.7. The molecule has 1 unspecified atom stereocenters. The highest BCUT2D eigenvalue weighted by Crippen LogP contribution is 2.11. The van der Waals surface area contributed by atoms with Crippen molar-refractivity contribution in [2.75, 3.05) is 13.2 Å². The summed E-state index contributed by atoms with van der Waals surface area (Å²) < 4.78 is 16.6. The molecule has 394 valence electrons. The van der Waals surface area contributed by atoms with Gasteiger partial charge >= 0.3 is 17.9 Å². The Morgan fingerprint density at radius 3 is 0.915 bits per heavy atom. The monoisotopic (exact) mass is 975 g/mol. The lowest BCUT2D eigenvalue weighted by molar-refractivity contribution is -0.166. The Labute approximate surface area is 434 Å². The van der Waals surface area contributed by atoms with E-state index in [0.717, 1.165) is 122 Å². The van der Waals surface area contributed by atoms with Crippen molar-refractivity contribution in [2.45, 2.75) is 207 Å². The minimum absolute atomic E-state index is 0.127. The summed E-state index contributed by atoms with van der Waals surface area (Å²) in [5.41, 5.74) is 0. The number of carbonyl (C=O) groups excluding carboxylic acids is 3. The molecule has 0 N–H and O–H groups in total. The van der Waals surface area contributed by atoms with E-state index in [1.807, 2.05) is 12.2 Å². The molecular formula is C65H98O6. The van der Waals surface area contributed by atoms with Crippen molar-refractivity contribution >= 4 is 17.9 Å². The van der Waals surface area contributed by atoms with Crippen LogP contribution in [0, 0.1) is 0 Å². The third-order valence-corrected chi connectivity index (χ3v) is 10.7. The third kappa shape index (κ3) is 55.6. The molecule has 0 heterocycles. The largest absolute Gasteiger partial charge is 0.462 e. The van der Waals surface area contributed by atoms with E-state index >= 15 is 0 Å². The molecule has 0 aliphatic heterocycles. The number of allylic oxidation sites excluding steroid dienone is 28. The topological polar surface area (TPSA) is 78.9 Å². The first-order valence-corrected chi connectivity index (χ1v) is 27.6. The molecule has 0 aliphatic carbocycles. The second-order valence-electron chi connectivity index (χ2n) is 17.4. The fourth-order valence-corrected chi connectivity index (χ4v) is 6.66. The summed E-state index contributed by atoms with van der Waals surface area (Å²) in [4.78, 5) is 37.7. The Bertz CT molecular complexity index is 1690. The zero-order valence-corrected chi connectivity index (χ0v) is 44.9. The van der Waals surface area contributed by atoms with Crippen LogP contribution in [0.1, 0.15) is 201 Å². The predicted octanol–water partition coefficient (Wildman–Crippen LogP) is 18.8. The van der Waals surface area contributed by atoms with Crippen LogP contribution in [0.2, 0.25) is 0 Å². The van der Waals surface area contributed by atoms with E-state index < -0.39 is 12.1 Å². The molecule has 0 aromatic heterocycles. The number of hydrogen-bond donors (Lipinski definition) is 0. The summed E-state index contributed by atoms with van der Waals surface area (Å²) in [6, 6.07) is 0. The Morgan fingerprint density at radius 2 is 0.577 bits per heavy atom. The van der Waals surface area contributed by atoms with Crippen molar-refractivity contribution in [2.24, 2.45) is 0 Å². The van der Waals surface area contributed by atoms with Crippen LogP contribution in [0.4, 0.5) is 0 Å². The highest BCUT2D eigenvalue weighted by molar-refractivity contribution is 5.71. The maximum Gasteiger partial charge on any atom is 0.306 e. The summed E-state index contributed by atoms with van der Waals surface area (Å²) in [6.07, 6.45) is 85.3. The lowest BCUT2D eigenvalue weighted by atomic mass is 10.1. The fraction of sp³-hybridized carbons (Fsp3) is 0.523. The van der Waals surface area contributed by atoms with Gasteiger partial charge in [0.2, 0.25) is 0 Å². The second-order valence-corrected chi connectivity index (χ2v) is 17.4. The molecular weight excluding hydrogens is 877 g/mol. The van der Waals surface area contributed by atoms with E-state index in [-0.39, 0.29) is 38.0 Å². The number of rotatable bonds is 47. The fourth-order valence-electron chi connectivity index (χ4n) is 6.66. The van der Waals surface area contributed by atoms with Crippen LogP contribution in [0.3, 0.4) is 0 Å². The molecule has 0 spiro atoms. The Kier molecular flexibility index (Phi) is 53.1. The van der Waals surface area contributed by atoms with Gasteiger partial charge in [-0.3, -0.25) is 14.4 Å². The molecule has 6 nitrogen and oxygen atoms in total. The van der Waals surface area contributed by atoms with Gasteiger partial charge in [-0.25, -0.2) is 0 Å². The van der Waals surface area contributed by atoms with Gasteiger partial charge in [0.25, 0.3) is 0 Å². The van der Waals surface area contributed by atoms with Gasteiger partial charge in [0.15, 0.2) is 6.10 Å². The van der Waals surface area contributed by atoms with E-state index in [1.54, 1.807) is 0 Å². The first-order chi connectivity index (χ1) is 35.0. The van der Waals surface area contributed by atoms with Crippen molar-refractivity contribution in [1.29, 1.82) is 0 Å². The summed E-state index contributed by atoms with van der Waals surface area (Å²) in [7, 11) is 0. The van der Waals surface area contributed by atoms with E-state index in [4.69, 9.17) is 14.2 Å². The first-order valence-electron chi connectivity index (χ1n) is 27.6. The van der Waals surface area contributed by atoms with Crippen molar-refractivity contribution in [3.05, 3.63) is 170 Å². The quantitative estimate of drug-likeness (QED) is 0.0262. The average Bonchev–Trinajstić information content (AvgIpc) is 3.37. The molecule has 71 heavy (non-hydrogen) atoms. The van der Waals surface area contributed by atoms with Gasteiger partial charge in [-0.05, 0) is 122 Å². The van der Waals surface area contributed by atoms with Crippen LogP contribution in [0.15, 0.2) is 170 Å². The van der Waals surface area contributed by atoms with Crippen LogP contribution in [0.5, 0.6) is 0 Å². The van der Waals surface area contributed by atoms with Crippen molar-refractivity contribution in [1.82, 2.24) is 0 Å². The molecule has 0 aromatic rings. The molecule has 1 atom stereocenters. The maximum atomic E-state index is 12.7. The van der Waals surface area contributed by atoms with Crippen LogP contribution in [0.25, 0.3) is 0 Å². The molecule has 0 aromatic carbocycles. The van der Waals surface area contributed by atoms with Crippen LogP contribution in [-0.4, -0.2) is 37.2 Å². The van der Waals surface area contributed by atoms with Gasteiger partial charge < -0.3 is 14.2 Å². The Balaban J connectivity index is 4.31. The zero-order chi connectivity index (χ0) is 51.4. The summed E-state index contributed by atoms with van der Waals surface area (Å²) in [6.45, 7) is 6.23. The minimum atomic E-state index is -0.838. The predicted molar refractivity (Wildman–Crippen MR) is 306 cm³/mol. The summed E-state index contributed by atoms with van der Waals surface area (Å²) >= 11 is 0. The van der Waals surface area contributed by atoms with Gasteiger partial charge in [-0.2, -0.15) is 0 Å². The van der Waals surface area contributed by atoms with Gasteiger partial charge in [0, 0.05) is 19.3 Å². The van der Waals surface area contributed by atoms with Crippen molar-refractivity contribution < 1.29 is 28.6 Å². The van der Waals surface area contributed by atoms with Gasteiger partial charge in [0.1, 0.15) is 13.2 Å². The van der Waals surface area contributed by atoms with Crippen molar-refractivity contribution in [3.63, 3.8) is 0 Å². The summed E-state index contributed by atoms with van der Waals surface area (Å²) in [5, 5.41) is 0. The molecule has 0 saturated carbocycles. The highest BCUT2D eigenvalue weighted by Gasteiger charge is 2.19. The van der Waals surface area contributed by atoms with Crippen LogP contribution >= 0.6 is 0 Å². The zero-order valence-electron chi connectivity index (χ0n) is 44.9. The van der Waals surface area contributed by atoms with E-state index in [1.165, 1.54) is 25.7 Å². The molecule has 0 amide bonds. The SMILES string of the molecule is CC/C=C\C/C=C\C/C=C\C/C=C\C/C=C\C/C=C\C/C=C\C/C=C\C/C=C\C/C=C\CCCCC(=O)OCC(COC(=O)CCCCCCCCC)OC(=O)CC/C=C\C/C=C\C/C=C\C/C=C\CC. The highest BCUT2D eigenvalue weighted by atomic mass is 16.6. The van der Waals surface area contributed by atoms with Gasteiger partial charge in [0.05, 0.1) is 0 Å². The Morgan fingerprint density at radius 1 is 0.296 bits per heavy atom. The number of esters is 3. The minimum Gasteiger partial charge on any atom is -0.462 e. The standard InChI is InChI=1S/C65H98O6/c1-4-7-10-13-16-18-20-22-23-24-25-26-27-28-29-30-31-32-33-34-35-36-37-38-39-40-41-43-44-46-49-52-55-58-64(67)70-61-62(60-69-63(66)57-54-51-48-15-12-9-6-3)71-65(68)59-56-53-50-47-45-42-21-19-17-14-11-8-5-2/h7-8,10-11,16-19,22-23,25-26,28-29,31-32,34-35,37-38,40-42,44-46,50,53,62H,4-6,9,12-15,20-21,24,27,30,33,36,39,43,47-49,51-52,54-61H2,1-3H3/b10-7-,11-8-,18-16-,19-17-,23-22-,26-25-,29-28-,32-31-,35-34-,38-37-,41-40-,45-42-,46-44-,53-50-. The van der Waals surface area contributed by atoms with E-state index in [9.17, 15) is 14.4 Å². The van der Waals surface area contributed by atoms with E-state index in [2.05, 4.69) is 179 Å². The number of hydrogen-bond acceptors (Lipinski definition) is 6. The first kappa shape index (κ1) is 65.8. The number of ether oxygens (including phenoxy) is 3. The molecule has 6 heteroatoms. The number of carbonyl (C=O) groups is 3. The summed E-state index contributed by atoms with van der Waals surface area (Å²) in [5.74, 6) is -1.08. The van der Waals surface area contributed by atoms with Crippen LogP contribution in [-0.2, 0) is 28.6 Å².